The maximum atomic E-state index is 13.3. The SMILES string of the molecule is COc1cccc2oc(-c3nc4ccccc4c(=O)n3N=Cc3ccc(O)c([N+](=O)[O-])c3)cc12. The van der Waals surface area contributed by atoms with E-state index in [4.69, 9.17) is 9.15 Å². The smallest absolute Gasteiger partial charge is 0.311 e. The third-order valence-corrected chi connectivity index (χ3v) is 5.23. The molecule has 34 heavy (non-hydrogen) atoms. The average molecular weight is 456 g/mol. The van der Waals surface area contributed by atoms with Crippen LogP contribution in [-0.4, -0.2) is 33.0 Å². The van der Waals surface area contributed by atoms with Crippen molar-refractivity contribution in [3.63, 3.8) is 0 Å². The van der Waals surface area contributed by atoms with Gasteiger partial charge in [-0.15, -0.1) is 0 Å². The molecule has 0 aliphatic rings. The molecule has 0 unspecified atom stereocenters. The Kier molecular flexibility index (Phi) is 5.02. The van der Waals surface area contributed by atoms with Crippen LogP contribution in [-0.2, 0) is 0 Å². The van der Waals surface area contributed by atoms with E-state index in [0.717, 1.165) is 10.7 Å². The number of hydrogen-bond donors (Lipinski definition) is 1. The fourth-order valence-electron chi connectivity index (χ4n) is 3.60. The molecule has 0 saturated carbocycles. The molecule has 0 atom stereocenters. The lowest BCUT2D eigenvalue weighted by molar-refractivity contribution is -0.385. The number of furan rings is 1. The van der Waals surface area contributed by atoms with Gasteiger partial charge in [-0.25, -0.2) is 4.98 Å². The van der Waals surface area contributed by atoms with Gasteiger partial charge in [0.25, 0.3) is 5.56 Å². The van der Waals surface area contributed by atoms with Gasteiger partial charge in [0.05, 0.1) is 34.5 Å². The number of aromatic nitrogens is 2. The van der Waals surface area contributed by atoms with E-state index in [1.807, 2.05) is 0 Å². The van der Waals surface area contributed by atoms with Gasteiger partial charge >= 0.3 is 5.69 Å². The van der Waals surface area contributed by atoms with Gasteiger partial charge < -0.3 is 14.3 Å². The number of nitrogens with zero attached hydrogens (tertiary/aromatic N) is 4. The minimum Gasteiger partial charge on any atom is -0.502 e. The van der Waals surface area contributed by atoms with E-state index in [1.54, 1.807) is 55.6 Å². The number of benzene rings is 3. The number of ether oxygens (including phenoxy) is 1. The number of phenols is 1. The highest BCUT2D eigenvalue weighted by Gasteiger charge is 2.18. The molecule has 1 N–H and O–H groups in total. The Morgan fingerprint density at radius 2 is 1.94 bits per heavy atom. The Balaban J connectivity index is 1.72. The van der Waals surface area contributed by atoms with Crippen molar-refractivity contribution < 1.29 is 19.2 Å². The molecule has 10 heteroatoms. The van der Waals surface area contributed by atoms with Crippen LogP contribution in [0.2, 0.25) is 0 Å². The van der Waals surface area contributed by atoms with Crippen LogP contribution >= 0.6 is 0 Å². The van der Waals surface area contributed by atoms with E-state index < -0.39 is 21.9 Å². The fourth-order valence-corrected chi connectivity index (χ4v) is 3.60. The molecule has 2 heterocycles. The van der Waals surface area contributed by atoms with Crippen LogP contribution in [0, 0.1) is 10.1 Å². The van der Waals surface area contributed by atoms with Crippen molar-refractivity contribution in [3.8, 4) is 23.1 Å². The second kappa shape index (κ2) is 8.17. The van der Waals surface area contributed by atoms with Gasteiger partial charge in [0.2, 0.25) is 5.82 Å². The third kappa shape index (κ3) is 3.52. The minimum absolute atomic E-state index is 0.145. The molecule has 5 aromatic rings. The highest BCUT2D eigenvalue weighted by atomic mass is 16.6. The number of fused-ring (bicyclic) bond motifs is 2. The zero-order chi connectivity index (χ0) is 23.8. The molecule has 10 nitrogen and oxygen atoms in total. The van der Waals surface area contributed by atoms with E-state index in [0.29, 0.717) is 33.2 Å². The van der Waals surface area contributed by atoms with Gasteiger partial charge in [-0.05, 0) is 42.5 Å². The number of nitro benzene ring substituents is 1. The summed E-state index contributed by atoms with van der Waals surface area (Å²) >= 11 is 0. The Bertz CT molecular complexity index is 1670. The summed E-state index contributed by atoms with van der Waals surface area (Å²) in [7, 11) is 1.55. The van der Waals surface area contributed by atoms with Crippen LogP contribution in [0.25, 0.3) is 33.5 Å². The van der Waals surface area contributed by atoms with Gasteiger partial charge in [-0.2, -0.15) is 9.78 Å². The normalized spacial score (nSPS) is 11.4. The predicted octanol–water partition coefficient (Wildman–Crippen LogP) is 4.31. The monoisotopic (exact) mass is 456 g/mol. The lowest BCUT2D eigenvalue weighted by Crippen LogP contribution is -2.20. The Hall–Kier alpha value is -4.99. The number of nitro groups is 1. The molecule has 5 rings (SSSR count). The van der Waals surface area contributed by atoms with E-state index >= 15 is 0 Å². The molecular weight excluding hydrogens is 440 g/mol. The molecule has 0 radical (unpaired) electrons. The number of para-hydroxylation sites is 1. The highest BCUT2D eigenvalue weighted by Crippen LogP contribution is 2.33. The summed E-state index contributed by atoms with van der Waals surface area (Å²) in [6, 6.07) is 17.7. The third-order valence-electron chi connectivity index (χ3n) is 5.23. The van der Waals surface area contributed by atoms with Gasteiger partial charge in [-0.1, -0.05) is 18.2 Å². The van der Waals surface area contributed by atoms with Gasteiger partial charge in [0.15, 0.2) is 11.5 Å². The van der Waals surface area contributed by atoms with Crippen LogP contribution in [0.1, 0.15) is 5.56 Å². The fraction of sp³-hybridized carbons (Fsp3) is 0.0417. The molecule has 0 fully saturated rings. The summed E-state index contributed by atoms with van der Waals surface area (Å²) in [5, 5.41) is 26.1. The summed E-state index contributed by atoms with van der Waals surface area (Å²) in [6.07, 6.45) is 1.27. The van der Waals surface area contributed by atoms with Crippen LogP contribution in [0.4, 0.5) is 5.69 Å². The van der Waals surface area contributed by atoms with Crippen LogP contribution < -0.4 is 10.3 Å². The minimum atomic E-state index is -0.705. The molecule has 0 spiro atoms. The first-order valence-electron chi connectivity index (χ1n) is 10.1. The standard InChI is InChI=1S/C24H16N4O6/c1-33-20-7-4-8-21-16(20)12-22(34-21)23-26-17-6-3-2-5-15(17)24(30)27(23)25-13-14-9-10-19(29)18(11-14)28(31)32/h2-13,29H,1H3. The molecular formula is C24H16N4O6. The Labute approximate surface area is 191 Å². The van der Waals surface area contributed by atoms with E-state index in [-0.39, 0.29) is 11.6 Å². The molecule has 0 saturated heterocycles. The molecule has 0 aliphatic heterocycles. The van der Waals surface area contributed by atoms with Gasteiger partial charge in [0, 0.05) is 11.6 Å². The lowest BCUT2D eigenvalue weighted by atomic mass is 10.2. The summed E-state index contributed by atoms with van der Waals surface area (Å²) in [4.78, 5) is 28.3. The number of phenolic OH excluding ortho intramolecular Hbond substituents is 1. The highest BCUT2D eigenvalue weighted by molar-refractivity contribution is 5.88. The predicted molar refractivity (Wildman–Crippen MR) is 126 cm³/mol. The van der Waals surface area contributed by atoms with Gasteiger partial charge in [0.1, 0.15) is 11.3 Å². The number of hydrogen-bond acceptors (Lipinski definition) is 8. The maximum Gasteiger partial charge on any atom is 0.311 e. The first-order valence-corrected chi connectivity index (χ1v) is 10.1. The van der Waals surface area contributed by atoms with Crippen molar-refractivity contribution in [3.05, 3.63) is 92.8 Å². The average Bonchev–Trinajstić information content (AvgIpc) is 3.28. The zero-order valence-corrected chi connectivity index (χ0v) is 17.7. The first kappa shape index (κ1) is 20.9. The van der Waals surface area contributed by atoms with Crippen LogP contribution in [0.15, 0.2) is 81.0 Å². The van der Waals surface area contributed by atoms with Crippen molar-refractivity contribution in [2.24, 2.45) is 5.10 Å². The molecule has 2 aromatic heterocycles. The first-order chi connectivity index (χ1) is 16.5. The Morgan fingerprint density at radius 1 is 1.12 bits per heavy atom. The van der Waals surface area contributed by atoms with Crippen molar-refractivity contribution in [1.29, 1.82) is 0 Å². The zero-order valence-electron chi connectivity index (χ0n) is 17.7. The quantitative estimate of drug-likeness (QED) is 0.237. The lowest BCUT2D eigenvalue weighted by Gasteiger charge is -2.07. The molecule has 0 amide bonds. The van der Waals surface area contributed by atoms with Crippen molar-refractivity contribution in [1.82, 2.24) is 9.66 Å². The molecule has 0 aliphatic carbocycles. The maximum absolute atomic E-state index is 13.3. The Morgan fingerprint density at radius 3 is 2.74 bits per heavy atom. The van der Waals surface area contributed by atoms with E-state index in [1.165, 1.54) is 18.3 Å². The molecule has 168 valence electrons. The van der Waals surface area contributed by atoms with Crippen LogP contribution in [0.3, 0.4) is 0 Å². The number of aromatic hydroxyl groups is 1. The summed E-state index contributed by atoms with van der Waals surface area (Å²) < 4.78 is 12.4. The van der Waals surface area contributed by atoms with Crippen molar-refractivity contribution >= 4 is 33.8 Å². The topological polar surface area (TPSA) is 133 Å². The molecule has 0 bridgehead atoms. The van der Waals surface area contributed by atoms with Crippen molar-refractivity contribution in [2.45, 2.75) is 0 Å². The second-order valence-electron chi connectivity index (χ2n) is 7.30. The van der Waals surface area contributed by atoms with E-state index in [9.17, 15) is 20.0 Å². The summed E-state index contributed by atoms with van der Waals surface area (Å²) in [6.45, 7) is 0. The summed E-state index contributed by atoms with van der Waals surface area (Å²) in [5.41, 5.74) is 0.389. The number of rotatable bonds is 5. The molecule has 3 aromatic carbocycles. The summed E-state index contributed by atoms with van der Waals surface area (Å²) in [5.74, 6) is 0.563. The second-order valence-corrected chi connectivity index (χ2v) is 7.30. The van der Waals surface area contributed by atoms with Crippen molar-refractivity contribution in [2.75, 3.05) is 7.11 Å². The number of methoxy groups -OCH3 is 1. The largest absolute Gasteiger partial charge is 0.502 e. The van der Waals surface area contributed by atoms with Crippen LogP contribution in [0.5, 0.6) is 11.5 Å². The van der Waals surface area contributed by atoms with Gasteiger partial charge in [-0.3, -0.25) is 14.9 Å². The van der Waals surface area contributed by atoms with E-state index in [2.05, 4.69) is 10.1 Å².